The van der Waals surface area contributed by atoms with Crippen LogP contribution >= 0.6 is 0 Å². The Hall–Kier alpha value is -2.39. The van der Waals surface area contributed by atoms with Gasteiger partial charge in [0.05, 0.1) is 11.4 Å². The van der Waals surface area contributed by atoms with Gasteiger partial charge in [0.15, 0.2) is 5.69 Å². The number of nitrogens with one attached hydrogen (secondary N) is 1. The van der Waals surface area contributed by atoms with Crippen LogP contribution in [0.2, 0.25) is 0 Å². The number of hydrogen-bond acceptors (Lipinski definition) is 5. The van der Waals surface area contributed by atoms with E-state index in [0.717, 1.165) is 0 Å². The van der Waals surface area contributed by atoms with Gasteiger partial charge in [-0.1, -0.05) is 0 Å². The Balaban J connectivity index is 1.98. The van der Waals surface area contributed by atoms with E-state index in [-0.39, 0.29) is 17.6 Å². The average molecular weight is 257 g/mol. The lowest BCUT2D eigenvalue weighted by Crippen LogP contribution is -2.21. The number of halogens is 1. The molecule has 5 nitrogen and oxygen atoms in total. The van der Waals surface area contributed by atoms with Gasteiger partial charge in [0.1, 0.15) is 11.9 Å². The van der Waals surface area contributed by atoms with E-state index in [4.69, 9.17) is 5.26 Å². The first-order valence-electron chi connectivity index (χ1n) is 5.77. The summed E-state index contributed by atoms with van der Waals surface area (Å²) in [5.74, 6) is -0.339. The predicted molar refractivity (Wildman–Crippen MR) is 66.2 cm³/mol. The quantitative estimate of drug-likeness (QED) is 0.902. The number of rotatable bonds is 4. The van der Waals surface area contributed by atoms with E-state index >= 15 is 0 Å². The summed E-state index contributed by atoms with van der Waals surface area (Å²) in [7, 11) is 0. The van der Waals surface area contributed by atoms with Gasteiger partial charge in [0.2, 0.25) is 0 Å². The summed E-state index contributed by atoms with van der Waals surface area (Å²) < 4.78 is 13.5. The van der Waals surface area contributed by atoms with Crippen LogP contribution in [0.4, 0.5) is 4.39 Å². The Morgan fingerprint density at radius 2 is 2.21 bits per heavy atom. The van der Waals surface area contributed by atoms with Crippen LogP contribution < -0.4 is 5.32 Å². The molecule has 19 heavy (non-hydrogen) atoms. The molecule has 96 valence electrons. The van der Waals surface area contributed by atoms with Crippen molar-refractivity contribution in [2.24, 2.45) is 0 Å². The SMILES string of the molecule is C[C@@H](NCc1ccc(C#N)nn1)c1ncccc1F. The van der Waals surface area contributed by atoms with Crippen LogP contribution in [0.5, 0.6) is 0 Å². The number of nitriles is 1. The smallest absolute Gasteiger partial charge is 0.163 e. The predicted octanol–water partition coefficient (Wildman–Crippen LogP) is 1.73. The van der Waals surface area contributed by atoms with E-state index in [1.54, 1.807) is 24.4 Å². The molecule has 0 aliphatic heterocycles. The van der Waals surface area contributed by atoms with E-state index in [1.165, 1.54) is 6.07 Å². The van der Waals surface area contributed by atoms with Crippen molar-refractivity contribution in [3.63, 3.8) is 0 Å². The van der Waals surface area contributed by atoms with Crippen LogP contribution in [0.15, 0.2) is 30.5 Å². The topological polar surface area (TPSA) is 74.5 Å². The van der Waals surface area contributed by atoms with E-state index in [9.17, 15) is 4.39 Å². The standard InChI is InChI=1S/C13H12FN5/c1-9(13-12(14)3-2-6-16-13)17-8-11-5-4-10(7-15)18-19-11/h2-6,9,17H,8H2,1H3/t9-/m1/s1. The molecule has 0 bridgehead atoms. The lowest BCUT2D eigenvalue weighted by atomic mass is 10.2. The molecule has 0 spiro atoms. The molecule has 0 fully saturated rings. The minimum Gasteiger partial charge on any atom is -0.303 e. The number of hydrogen-bond donors (Lipinski definition) is 1. The second kappa shape index (κ2) is 5.98. The molecule has 1 atom stereocenters. The molecule has 6 heteroatoms. The summed E-state index contributed by atoms with van der Waals surface area (Å²) in [5, 5.41) is 19.3. The average Bonchev–Trinajstić information content (AvgIpc) is 2.46. The summed E-state index contributed by atoms with van der Waals surface area (Å²) in [6.07, 6.45) is 1.55. The summed E-state index contributed by atoms with van der Waals surface area (Å²) in [4.78, 5) is 4.00. The first-order chi connectivity index (χ1) is 9.20. The van der Waals surface area contributed by atoms with Gasteiger partial charge in [-0.05, 0) is 31.2 Å². The maximum Gasteiger partial charge on any atom is 0.163 e. The number of pyridine rings is 1. The van der Waals surface area contributed by atoms with Crippen molar-refractivity contribution in [3.8, 4) is 6.07 Å². The fourth-order valence-corrected chi connectivity index (χ4v) is 1.58. The molecule has 2 aromatic heterocycles. The van der Waals surface area contributed by atoms with Crippen molar-refractivity contribution in [2.75, 3.05) is 0 Å². The van der Waals surface area contributed by atoms with Crippen molar-refractivity contribution < 1.29 is 4.39 Å². The van der Waals surface area contributed by atoms with Crippen LogP contribution in [0.1, 0.15) is 30.0 Å². The van der Waals surface area contributed by atoms with E-state index in [2.05, 4.69) is 20.5 Å². The van der Waals surface area contributed by atoms with Gasteiger partial charge in [-0.3, -0.25) is 4.98 Å². The molecule has 1 N–H and O–H groups in total. The molecule has 0 saturated carbocycles. The fourth-order valence-electron chi connectivity index (χ4n) is 1.58. The molecule has 0 aliphatic carbocycles. The molecule has 2 rings (SSSR count). The Kier molecular flexibility index (Phi) is 4.11. The molecular weight excluding hydrogens is 245 g/mol. The molecule has 0 aromatic carbocycles. The fraction of sp³-hybridized carbons (Fsp3) is 0.231. The third kappa shape index (κ3) is 3.30. The van der Waals surface area contributed by atoms with Crippen LogP contribution in [-0.2, 0) is 6.54 Å². The number of aromatic nitrogens is 3. The van der Waals surface area contributed by atoms with E-state index < -0.39 is 0 Å². The zero-order chi connectivity index (χ0) is 13.7. The normalized spacial score (nSPS) is 11.8. The molecule has 0 unspecified atom stereocenters. The molecule has 2 heterocycles. The molecular formula is C13H12FN5. The summed E-state index contributed by atoms with van der Waals surface area (Å²) in [6.45, 7) is 2.25. The Bertz CT molecular complexity index is 591. The first-order valence-corrected chi connectivity index (χ1v) is 5.77. The molecule has 0 amide bonds. The monoisotopic (exact) mass is 257 g/mol. The van der Waals surface area contributed by atoms with Crippen LogP contribution in [0, 0.1) is 17.1 Å². The second-order valence-corrected chi connectivity index (χ2v) is 3.99. The highest BCUT2D eigenvalue weighted by atomic mass is 19.1. The Morgan fingerprint density at radius 1 is 1.37 bits per heavy atom. The summed E-state index contributed by atoms with van der Waals surface area (Å²) >= 11 is 0. The van der Waals surface area contributed by atoms with Gasteiger partial charge in [-0.25, -0.2) is 4.39 Å². The van der Waals surface area contributed by atoms with Crippen molar-refractivity contribution in [1.82, 2.24) is 20.5 Å². The lowest BCUT2D eigenvalue weighted by molar-refractivity contribution is 0.507. The third-order valence-corrected chi connectivity index (χ3v) is 2.62. The molecule has 2 aromatic rings. The molecule has 0 aliphatic rings. The van der Waals surface area contributed by atoms with Crippen LogP contribution in [-0.4, -0.2) is 15.2 Å². The van der Waals surface area contributed by atoms with E-state index in [0.29, 0.717) is 17.9 Å². The van der Waals surface area contributed by atoms with Gasteiger partial charge < -0.3 is 5.32 Å². The first kappa shape index (κ1) is 13.1. The summed E-state index contributed by atoms with van der Waals surface area (Å²) in [5.41, 5.74) is 1.32. The van der Waals surface area contributed by atoms with Crippen LogP contribution in [0.3, 0.4) is 0 Å². The maximum atomic E-state index is 13.5. The zero-order valence-corrected chi connectivity index (χ0v) is 10.3. The largest absolute Gasteiger partial charge is 0.303 e. The zero-order valence-electron chi connectivity index (χ0n) is 10.3. The minimum atomic E-state index is -0.339. The second-order valence-electron chi connectivity index (χ2n) is 3.99. The highest BCUT2D eigenvalue weighted by Crippen LogP contribution is 2.13. The molecule has 0 radical (unpaired) electrons. The maximum absolute atomic E-state index is 13.5. The van der Waals surface area contributed by atoms with Crippen LogP contribution in [0.25, 0.3) is 0 Å². The highest BCUT2D eigenvalue weighted by Gasteiger charge is 2.11. The highest BCUT2D eigenvalue weighted by molar-refractivity contribution is 5.19. The van der Waals surface area contributed by atoms with Crippen molar-refractivity contribution >= 4 is 0 Å². The Labute approximate surface area is 110 Å². The van der Waals surface area contributed by atoms with Gasteiger partial charge in [-0.15, -0.1) is 5.10 Å². The number of nitrogens with zero attached hydrogens (tertiary/aromatic N) is 4. The van der Waals surface area contributed by atoms with Gasteiger partial charge in [0, 0.05) is 18.8 Å². The minimum absolute atomic E-state index is 0.237. The summed E-state index contributed by atoms with van der Waals surface area (Å²) in [6, 6.07) is 7.89. The van der Waals surface area contributed by atoms with Gasteiger partial charge in [-0.2, -0.15) is 10.4 Å². The molecule has 0 saturated heterocycles. The lowest BCUT2D eigenvalue weighted by Gasteiger charge is -2.13. The van der Waals surface area contributed by atoms with Gasteiger partial charge in [0.25, 0.3) is 0 Å². The Morgan fingerprint density at radius 3 is 2.84 bits per heavy atom. The van der Waals surface area contributed by atoms with Crippen molar-refractivity contribution in [2.45, 2.75) is 19.5 Å². The van der Waals surface area contributed by atoms with Crippen molar-refractivity contribution in [1.29, 1.82) is 5.26 Å². The van der Waals surface area contributed by atoms with Gasteiger partial charge >= 0.3 is 0 Å². The van der Waals surface area contributed by atoms with E-state index in [1.807, 2.05) is 13.0 Å². The third-order valence-electron chi connectivity index (χ3n) is 2.62. The van der Waals surface area contributed by atoms with Crippen molar-refractivity contribution in [3.05, 3.63) is 53.4 Å².